The van der Waals surface area contributed by atoms with E-state index in [4.69, 9.17) is 0 Å². The van der Waals surface area contributed by atoms with Crippen LogP contribution in [0.4, 0.5) is 0 Å². The van der Waals surface area contributed by atoms with Gasteiger partial charge in [-0.3, -0.25) is 0 Å². The standard InChI is InChI=1S/C18H33/c1-3-5-7-9-11-13-15-17-18-16-14-12-10-8-6-4-2/h1,3-14,16,18H2,2H3. The highest BCUT2D eigenvalue weighted by Gasteiger charge is 1.89. The van der Waals surface area contributed by atoms with Gasteiger partial charge in [0.25, 0.3) is 0 Å². The van der Waals surface area contributed by atoms with E-state index >= 15 is 0 Å². The highest BCUT2D eigenvalue weighted by atomic mass is 14.0. The molecule has 0 saturated heterocycles. The molecule has 0 aliphatic rings. The van der Waals surface area contributed by atoms with Crippen molar-refractivity contribution in [1.82, 2.24) is 0 Å². The summed E-state index contributed by atoms with van der Waals surface area (Å²) in [5.41, 5.74) is 0. The van der Waals surface area contributed by atoms with Crippen LogP contribution in [0.1, 0.15) is 96.8 Å². The fraction of sp³-hybridized carbons (Fsp3) is 0.833. The molecule has 105 valence electrons. The zero-order chi connectivity index (χ0) is 13.3. The summed E-state index contributed by atoms with van der Waals surface area (Å²) < 4.78 is 0. The Hall–Kier alpha value is -0.440. The summed E-state index contributed by atoms with van der Waals surface area (Å²) in [7, 11) is 0. The molecule has 0 N–H and O–H groups in total. The average molecular weight is 249 g/mol. The van der Waals surface area contributed by atoms with E-state index in [1.165, 1.54) is 70.6 Å². The molecule has 0 fully saturated rings. The first kappa shape index (κ1) is 17.6. The summed E-state index contributed by atoms with van der Waals surface area (Å²) in [4.78, 5) is 0. The summed E-state index contributed by atoms with van der Waals surface area (Å²) in [5.74, 6) is 6.62. The molecule has 0 rings (SSSR count). The van der Waals surface area contributed by atoms with Crippen molar-refractivity contribution in [3.05, 3.63) is 6.92 Å². The number of rotatable bonds is 12. The van der Waals surface area contributed by atoms with Crippen LogP contribution in [0.5, 0.6) is 0 Å². The van der Waals surface area contributed by atoms with Crippen LogP contribution in [-0.2, 0) is 0 Å². The van der Waals surface area contributed by atoms with Gasteiger partial charge in [-0.05, 0) is 12.8 Å². The fourth-order valence-corrected chi connectivity index (χ4v) is 2.09. The number of hydrogen-bond acceptors (Lipinski definition) is 0. The normalized spacial score (nSPS) is 10.1. The molecule has 0 aliphatic carbocycles. The minimum absolute atomic E-state index is 1.09. The zero-order valence-electron chi connectivity index (χ0n) is 12.6. The van der Waals surface area contributed by atoms with Gasteiger partial charge in [-0.1, -0.05) is 78.1 Å². The quantitative estimate of drug-likeness (QED) is 0.281. The molecule has 0 heterocycles. The molecule has 0 spiro atoms. The Morgan fingerprint density at radius 2 is 1.06 bits per heavy atom. The van der Waals surface area contributed by atoms with Crippen LogP contribution < -0.4 is 0 Å². The van der Waals surface area contributed by atoms with Crippen molar-refractivity contribution in [2.45, 2.75) is 96.8 Å². The summed E-state index contributed by atoms with van der Waals surface area (Å²) in [6.07, 6.45) is 18.2. The predicted octanol–water partition coefficient (Wildman–Crippen LogP) is 6.31. The first-order valence-electron chi connectivity index (χ1n) is 8.16. The van der Waals surface area contributed by atoms with E-state index in [1.54, 1.807) is 0 Å². The molecule has 0 amide bonds. The molecule has 0 atom stereocenters. The lowest BCUT2D eigenvalue weighted by molar-refractivity contribution is 0.594. The molecule has 0 aromatic heterocycles. The summed E-state index contributed by atoms with van der Waals surface area (Å²) in [5, 5.41) is 0. The molecule has 0 aliphatic heterocycles. The van der Waals surface area contributed by atoms with Crippen LogP contribution in [-0.4, -0.2) is 0 Å². The van der Waals surface area contributed by atoms with E-state index in [0.29, 0.717) is 0 Å². The topological polar surface area (TPSA) is 0 Å². The maximum atomic E-state index is 3.86. The lowest BCUT2D eigenvalue weighted by Crippen LogP contribution is -1.79. The van der Waals surface area contributed by atoms with Crippen molar-refractivity contribution in [2.24, 2.45) is 0 Å². The van der Waals surface area contributed by atoms with E-state index in [9.17, 15) is 0 Å². The van der Waals surface area contributed by atoms with E-state index in [0.717, 1.165) is 19.3 Å². The molecule has 18 heavy (non-hydrogen) atoms. The van der Waals surface area contributed by atoms with Crippen molar-refractivity contribution in [3.8, 4) is 11.8 Å². The second-order valence-corrected chi connectivity index (χ2v) is 5.24. The Bertz CT molecular complexity index is 194. The molecule has 0 unspecified atom stereocenters. The van der Waals surface area contributed by atoms with Gasteiger partial charge in [0.2, 0.25) is 0 Å². The zero-order valence-corrected chi connectivity index (χ0v) is 12.6. The van der Waals surface area contributed by atoms with Gasteiger partial charge in [0.15, 0.2) is 0 Å². The van der Waals surface area contributed by atoms with Crippen LogP contribution in [0, 0.1) is 18.8 Å². The first-order valence-corrected chi connectivity index (χ1v) is 8.16. The van der Waals surface area contributed by atoms with Gasteiger partial charge in [-0.25, -0.2) is 0 Å². The highest BCUT2D eigenvalue weighted by molar-refractivity contribution is 4.98. The fourth-order valence-electron chi connectivity index (χ4n) is 2.09. The Kier molecular flexibility index (Phi) is 16.2. The van der Waals surface area contributed by atoms with Crippen molar-refractivity contribution >= 4 is 0 Å². The number of hydrogen-bond donors (Lipinski definition) is 0. The highest BCUT2D eigenvalue weighted by Crippen LogP contribution is 2.08. The van der Waals surface area contributed by atoms with E-state index in [-0.39, 0.29) is 0 Å². The Morgan fingerprint density at radius 1 is 0.611 bits per heavy atom. The van der Waals surface area contributed by atoms with Crippen molar-refractivity contribution in [1.29, 1.82) is 0 Å². The van der Waals surface area contributed by atoms with Gasteiger partial charge < -0.3 is 0 Å². The second-order valence-electron chi connectivity index (χ2n) is 5.24. The third-order valence-corrected chi connectivity index (χ3v) is 3.33. The van der Waals surface area contributed by atoms with Crippen LogP contribution in [0.3, 0.4) is 0 Å². The van der Waals surface area contributed by atoms with Gasteiger partial charge in [0.1, 0.15) is 0 Å². The molecule has 1 radical (unpaired) electrons. The second kappa shape index (κ2) is 16.6. The Balaban J connectivity index is 3.05. The van der Waals surface area contributed by atoms with Crippen LogP contribution in [0.15, 0.2) is 0 Å². The summed E-state index contributed by atoms with van der Waals surface area (Å²) in [6, 6.07) is 0. The van der Waals surface area contributed by atoms with Crippen LogP contribution >= 0.6 is 0 Å². The van der Waals surface area contributed by atoms with Gasteiger partial charge in [-0.15, -0.1) is 11.8 Å². The molecule has 0 saturated carbocycles. The first-order chi connectivity index (χ1) is 8.91. The van der Waals surface area contributed by atoms with E-state index in [1.807, 2.05) is 0 Å². The predicted molar refractivity (Wildman–Crippen MR) is 83.4 cm³/mol. The number of unbranched alkanes of at least 4 members (excludes halogenated alkanes) is 12. The van der Waals surface area contributed by atoms with Gasteiger partial charge in [0, 0.05) is 12.8 Å². The Morgan fingerprint density at radius 3 is 1.56 bits per heavy atom. The molecular weight excluding hydrogens is 216 g/mol. The lowest BCUT2D eigenvalue weighted by Gasteiger charge is -1.98. The third kappa shape index (κ3) is 15.6. The van der Waals surface area contributed by atoms with Crippen LogP contribution in [0.2, 0.25) is 0 Å². The molecular formula is C18H33. The molecule has 0 nitrogen and oxygen atoms in total. The van der Waals surface area contributed by atoms with Crippen molar-refractivity contribution in [2.75, 3.05) is 0 Å². The molecule has 0 aromatic rings. The van der Waals surface area contributed by atoms with Gasteiger partial charge in [-0.2, -0.15) is 0 Å². The SMILES string of the molecule is [CH2]CCCCCCC#CCCCCCCCCC. The van der Waals surface area contributed by atoms with Gasteiger partial charge >= 0.3 is 0 Å². The minimum Gasteiger partial charge on any atom is -0.103 e. The van der Waals surface area contributed by atoms with Crippen LogP contribution in [0.25, 0.3) is 0 Å². The molecule has 0 bridgehead atoms. The van der Waals surface area contributed by atoms with Crippen molar-refractivity contribution < 1.29 is 0 Å². The third-order valence-electron chi connectivity index (χ3n) is 3.33. The minimum atomic E-state index is 1.09. The molecule has 0 heteroatoms. The maximum Gasteiger partial charge on any atom is 0.00886 e. The Labute approximate surface area is 116 Å². The largest absolute Gasteiger partial charge is 0.103 e. The summed E-state index contributed by atoms with van der Waals surface area (Å²) >= 11 is 0. The monoisotopic (exact) mass is 249 g/mol. The van der Waals surface area contributed by atoms with E-state index < -0.39 is 0 Å². The molecule has 0 aromatic carbocycles. The average Bonchev–Trinajstić information content (AvgIpc) is 2.39. The maximum absolute atomic E-state index is 3.86. The van der Waals surface area contributed by atoms with Gasteiger partial charge in [0.05, 0.1) is 0 Å². The lowest BCUT2D eigenvalue weighted by atomic mass is 10.1. The smallest absolute Gasteiger partial charge is 0.00886 e. The summed E-state index contributed by atoms with van der Waals surface area (Å²) in [6.45, 7) is 6.13. The van der Waals surface area contributed by atoms with E-state index in [2.05, 4.69) is 25.7 Å². The van der Waals surface area contributed by atoms with Crippen molar-refractivity contribution in [3.63, 3.8) is 0 Å².